The molecule has 0 spiro atoms. The van der Waals surface area contributed by atoms with Crippen LogP contribution >= 0.6 is 35.0 Å². The SMILES string of the molecule is CC(Oc1ccc(N)c(C(=N)c2ccc(N)nc2)c1)c1c(Cl)cncc1Cl.CSC. The number of nitrogens with two attached hydrogens (primary N) is 2. The number of ether oxygens (including phenoxy) is 1. The van der Waals surface area contributed by atoms with Crippen LogP contribution < -0.4 is 16.2 Å². The van der Waals surface area contributed by atoms with Gasteiger partial charge in [0.1, 0.15) is 17.7 Å². The summed E-state index contributed by atoms with van der Waals surface area (Å²) in [6, 6.07) is 8.47. The molecule has 5 N–H and O–H groups in total. The average molecular weight is 464 g/mol. The van der Waals surface area contributed by atoms with Gasteiger partial charge < -0.3 is 16.2 Å². The summed E-state index contributed by atoms with van der Waals surface area (Å²) in [5.41, 5.74) is 14.1. The molecule has 0 amide bonds. The summed E-state index contributed by atoms with van der Waals surface area (Å²) in [5, 5.41) is 9.27. The number of nitrogens with zero attached hydrogens (tertiary/aromatic N) is 2. The number of rotatable bonds is 5. The molecule has 1 unspecified atom stereocenters. The molecule has 0 fully saturated rings. The first kappa shape index (κ1) is 23.8. The lowest BCUT2D eigenvalue weighted by molar-refractivity contribution is 0.227. The molecule has 0 radical (unpaired) electrons. The van der Waals surface area contributed by atoms with E-state index < -0.39 is 6.10 Å². The third kappa shape index (κ3) is 6.01. The van der Waals surface area contributed by atoms with Gasteiger partial charge in [0.25, 0.3) is 0 Å². The molecule has 0 aliphatic rings. The molecule has 0 saturated heterocycles. The number of nitrogens with one attached hydrogen (secondary N) is 1. The quantitative estimate of drug-likeness (QED) is 0.341. The van der Waals surface area contributed by atoms with Gasteiger partial charge in [0.05, 0.1) is 15.8 Å². The second kappa shape index (κ2) is 11.1. The molecule has 6 nitrogen and oxygen atoms in total. The number of hydrogen-bond acceptors (Lipinski definition) is 7. The normalized spacial score (nSPS) is 11.2. The topological polar surface area (TPSA) is 111 Å². The van der Waals surface area contributed by atoms with Crippen LogP contribution in [-0.4, -0.2) is 28.2 Å². The van der Waals surface area contributed by atoms with E-state index in [0.29, 0.717) is 44.0 Å². The Morgan fingerprint density at radius 2 is 1.70 bits per heavy atom. The molecule has 2 aromatic heterocycles. The van der Waals surface area contributed by atoms with E-state index in [1.54, 1.807) is 42.1 Å². The van der Waals surface area contributed by atoms with E-state index >= 15 is 0 Å². The zero-order chi connectivity index (χ0) is 22.3. The highest BCUT2D eigenvalue weighted by molar-refractivity contribution is 7.97. The van der Waals surface area contributed by atoms with Crippen LogP contribution in [0.15, 0.2) is 48.9 Å². The van der Waals surface area contributed by atoms with Gasteiger partial charge in [0.15, 0.2) is 0 Å². The number of benzene rings is 1. The largest absolute Gasteiger partial charge is 0.486 e. The lowest BCUT2D eigenvalue weighted by Crippen LogP contribution is -2.09. The summed E-state index contributed by atoms with van der Waals surface area (Å²) in [6.07, 6.45) is 8.22. The summed E-state index contributed by atoms with van der Waals surface area (Å²) >= 11 is 14.1. The minimum Gasteiger partial charge on any atom is -0.486 e. The van der Waals surface area contributed by atoms with Gasteiger partial charge in [-0.15, -0.1) is 0 Å². The Morgan fingerprint density at radius 1 is 1.07 bits per heavy atom. The standard InChI is InChI=1S/C19H17Cl2N5O.C2H6S/c1-10(18-14(20)8-25-9-15(18)21)27-12-3-4-16(22)13(6-12)19(24)11-2-5-17(23)26-7-11;1-3-2/h2-10,24H,22H2,1H3,(H2,23,26);1-2H3. The van der Waals surface area contributed by atoms with Crippen molar-refractivity contribution < 1.29 is 4.74 Å². The van der Waals surface area contributed by atoms with E-state index in [9.17, 15) is 0 Å². The van der Waals surface area contributed by atoms with Gasteiger partial charge in [-0.05, 0) is 49.8 Å². The summed E-state index contributed by atoms with van der Waals surface area (Å²) < 4.78 is 5.98. The molecule has 0 aliphatic carbocycles. The minimum atomic E-state index is -0.420. The van der Waals surface area contributed by atoms with Crippen LogP contribution in [0, 0.1) is 5.41 Å². The Balaban J connectivity index is 0.00000101. The van der Waals surface area contributed by atoms with Crippen molar-refractivity contribution in [2.75, 3.05) is 24.0 Å². The van der Waals surface area contributed by atoms with Crippen molar-refractivity contribution in [3.63, 3.8) is 0 Å². The number of hydrogen-bond donors (Lipinski definition) is 3. The van der Waals surface area contributed by atoms with E-state index in [4.69, 9.17) is 44.8 Å². The number of nitrogen functional groups attached to an aromatic ring is 2. The lowest BCUT2D eigenvalue weighted by atomic mass is 10.0. The third-order valence-electron chi connectivity index (χ3n) is 3.98. The van der Waals surface area contributed by atoms with Gasteiger partial charge in [-0.1, -0.05) is 23.2 Å². The van der Waals surface area contributed by atoms with Crippen molar-refractivity contribution in [3.05, 3.63) is 75.7 Å². The van der Waals surface area contributed by atoms with E-state index in [0.717, 1.165) is 0 Å². The first-order chi connectivity index (χ1) is 14.3. The van der Waals surface area contributed by atoms with Crippen molar-refractivity contribution in [3.8, 4) is 5.75 Å². The zero-order valence-corrected chi connectivity index (χ0v) is 19.1. The van der Waals surface area contributed by atoms with Crippen LogP contribution in [0.25, 0.3) is 0 Å². The minimum absolute atomic E-state index is 0.220. The fraction of sp³-hybridized carbons (Fsp3) is 0.190. The highest BCUT2D eigenvalue weighted by Crippen LogP contribution is 2.33. The highest BCUT2D eigenvalue weighted by Gasteiger charge is 2.17. The maximum Gasteiger partial charge on any atom is 0.124 e. The predicted molar refractivity (Wildman–Crippen MR) is 128 cm³/mol. The predicted octanol–water partition coefficient (Wildman–Crippen LogP) is 5.48. The van der Waals surface area contributed by atoms with E-state index in [2.05, 4.69) is 9.97 Å². The fourth-order valence-electron chi connectivity index (χ4n) is 2.61. The van der Waals surface area contributed by atoms with E-state index in [1.807, 2.05) is 19.4 Å². The van der Waals surface area contributed by atoms with Crippen molar-refractivity contribution in [1.82, 2.24) is 9.97 Å². The first-order valence-electron chi connectivity index (χ1n) is 8.84. The molecule has 1 atom stereocenters. The molecule has 9 heteroatoms. The highest BCUT2D eigenvalue weighted by atomic mass is 35.5. The van der Waals surface area contributed by atoms with Crippen LogP contribution in [0.2, 0.25) is 10.0 Å². The Morgan fingerprint density at radius 3 is 2.27 bits per heavy atom. The maximum absolute atomic E-state index is 8.43. The van der Waals surface area contributed by atoms with Gasteiger partial charge in [0.2, 0.25) is 0 Å². The van der Waals surface area contributed by atoms with Crippen molar-refractivity contribution >= 4 is 52.2 Å². The fourth-order valence-corrected chi connectivity index (χ4v) is 3.28. The summed E-state index contributed by atoms with van der Waals surface area (Å²) in [5.74, 6) is 0.917. The zero-order valence-electron chi connectivity index (χ0n) is 16.8. The number of pyridine rings is 2. The second-order valence-electron chi connectivity index (χ2n) is 6.28. The summed E-state index contributed by atoms with van der Waals surface area (Å²) in [7, 11) is 0. The molecule has 3 rings (SSSR count). The number of thioether (sulfide) groups is 1. The smallest absolute Gasteiger partial charge is 0.124 e. The van der Waals surface area contributed by atoms with Gasteiger partial charge >= 0.3 is 0 Å². The van der Waals surface area contributed by atoms with Crippen molar-refractivity contribution in [1.29, 1.82) is 5.41 Å². The molecule has 0 aliphatic heterocycles. The Kier molecular flexibility index (Phi) is 8.77. The monoisotopic (exact) mass is 463 g/mol. The average Bonchev–Trinajstić information content (AvgIpc) is 2.70. The molecular weight excluding hydrogens is 441 g/mol. The Hall–Kier alpha value is -2.48. The lowest BCUT2D eigenvalue weighted by Gasteiger charge is -2.18. The summed E-state index contributed by atoms with van der Waals surface area (Å²) in [4.78, 5) is 7.96. The van der Waals surface area contributed by atoms with Crippen molar-refractivity contribution in [2.45, 2.75) is 13.0 Å². The Bertz CT molecular complexity index is 995. The van der Waals surface area contributed by atoms with Gasteiger partial charge in [0, 0.05) is 41.0 Å². The first-order valence-corrected chi connectivity index (χ1v) is 11.2. The van der Waals surface area contributed by atoms with E-state index in [-0.39, 0.29) is 5.71 Å². The van der Waals surface area contributed by atoms with Crippen LogP contribution in [-0.2, 0) is 0 Å². The summed E-state index contributed by atoms with van der Waals surface area (Å²) in [6.45, 7) is 1.83. The van der Waals surface area contributed by atoms with Gasteiger partial charge in [-0.3, -0.25) is 10.4 Å². The number of aromatic nitrogens is 2. The second-order valence-corrected chi connectivity index (χ2v) is 7.91. The van der Waals surface area contributed by atoms with Crippen LogP contribution in [0.1, 0.15) is 29.7 Å². The molecule has 0 bridgehead atoms. The maximum atomic E-state index is 8.43. The van der Waals surface area contributed by atoms with Gasteiger partial charge in [-0.25, -0.2) is 4.98 Å². The van der Waals surface area contributed by atoms with Crippen LogP contribution in [0.4, 0.5) is 11.5 Å². The van der Waals surface area contributed by atoms with Crippen LogP contribution in [0.3, 0.4) is 0 Å². The van der Waals surface area contributed by atoms with Crippen LogP contribution in [0.5, 0.6) is 5.75 Å². The molecular formula is C21H23Cl2N5OS. The molecule has 2 heterocycles. The number of anilines is 2. The Labute approximate surface area is 190 Å². The molecule has 0 saturated carbocycles. The number of halogens is 2. The molecule has 30 heavy (non-hydrogen) atoms. The third-order valence-corrected chi connectivity index (χ3v) is 4.58. The van der Waals surface area contributed by atoms with E-state index in [1.165, 1.54) is 18.6 Å². The molecule has 158 valence electrons. The molecule has 3 aromatic rings. The van der Waals surface area contributed by atoms with Gasteiger partial charge in [-0.2, -0.15) is 11.8 Å². The van der Waals surface area contributed by atoms with Crippen molar-refractivity contribution in [2.24, 2.45) is 0 Å². The molecule has 1 aromatic carbocycles.